The molecule has 3 aromatic rings. The van der Waals surface area contributed by atoms with E-state index in [0.717, 1.165) is 11.4 Å². The number of hydrogen-bond donors (Lipinski definition) is 1. The van der Waals surface area contributed by atoms with Crippen molar-refractivity contribution in [3.63, 3.8) is 0 Å². The lowest BCUT2D eigenvalue weighted by Gasteiger charge is -2.19. The van der Waals surface area contributed by atoms with Gasteiger partial charge in [-0.05, 0) is 36.4 Å². The van der Waals surface area contributed by atoms with Gasteiger partial charge in [0.1, 0.15) is 5.82 Å². The van der Waals surface area contributed by atoms with Crippen LogP contribution in [0.25, 0.3) is 0 Å². The number of halogens is 2. The molecule has 0 spiro atoms. The van der Waals surface area contributed by atoms with Crippen LogP contribution in [0, 0.1) is 5.82 Å². The number of carbonyl (C=O) groups is 1. The van der Waals surface area contributed by atoms with Gasteiger partial charge in [-0.25, -0.2) is 4.39 Å². The molecule has 0 saturated heterocycles. The topological polar surface area (TPSA) is 45.2 Å². The van der Waals surface area contributed by atoms with Crippen LogP contribution in [-0.2, 0) is 0 Å². The third kappa shape index (κ3) is 3.95. The molecule has 0 saturated carbocycles. The Balaban J connectivity index is 1.81. The van der Waals surface area contributed by atoms with Crippen LogP contribution in [0.15, 0.2) is 67.0 Å². The molecular formula is C19H15ClFN3O. The SMILES string of the molecule is CN(c1ccccc1)c1cncc(C(=O)Nc2ccc(F)c(Cl)c2)c1. The summed E-state index contributed by atoms with van der Waals surface area (Å²) in [6.07, 6.45) is 3.15. The Labute approximate surface area is 149 Å². The predicted octanol–water partition coefficient (Wildman–Crippen LogP) is 4.89. The number of anilines is 3. The van der Waals surface area contributed by atoms with E-state index in [1.165, 1.54) is 24.4 Å². The van der Waals surface area contributed by atoms with Gasteiger partial charge in [-0.1, -0.05) is 29.8 Å². The number of hydrogen-bond acceptors (Lipinski definition) is 3. The van der Waals surface area contributed by atoms with Crippen LogP contribution in [-0.4, -0.2) is 17.9 Å². The third-order valence-electron chi connectivity index (χ3n) is 3.69. The average Bonchev–Trinajstić information content (AvgIpc) is 2.65. The molecule has 0 bridgehead atoms. The molecule has 1 heterocycles. The Hall–Kier alpha value is -2.92. The second kappa shape index (κ2) is 7.32. The van der Waals surface area contributed by atoms with Crippen molar-refractivity contribution in [2.45, 2.75) is 0 Å². The van der Waals surface area contributed by atoms with Crippen LogP contribution in [0.5, 0.6) is 0 Å². The number of para-hydroxylation sites is 1. The molecule has 3 rings (SSSR count). The van der Waals surface area contributed by atoms with Gasteiger partial charge in [0.15, 0.2) is 0 Å². The van der Waals surface area contributed by atoms with Crippen molar-refractivity contribution in [1.82, 2.24) is 4.98 Å². The first-order valence-corrected chi connectivity index (χ1v) is 7.92. The molecule has 0 fully saturated rings. The Kier molecular flexibility index (Phi) is 4.95. The third-order valence-corrected chi connectivity index (χ3v) is 3.98. The molecule has 0 aliphatic carbocycles. The average molecular weight is 356 g/mol. The number of nitrogens with one attached hydrogen (secondary N) is 1. The summed E-state index contributed by atoms with van der Waals surface area (Å²) in [5.41, 5.74) is 2.56. The summed E-state index contributed by atoms with van der Waals surface area (Å²) in [7, 11) is 1.90. The maximum atomic E-state index is 13.2. The number of nitrogens with zero attached hydrogens (tertiary/aromatic N) is 2. The standard InChI is InChI=1S/C19H15ClFN3O/c1-24(15-5-3-2-4-6-15)16-9-13(11-22-12-16)19(25)23-14-7-8-18(21)17(20)10-14/h2-12H,1H3,(H,23,25). The zero-order valence-corrected chi connectivity index (χ0v) is 14.2. The Morgan fingerprint density at radius 1 is 1.08 bits per heavy atom. The van der Waals surface area contributed by atoms with E-state index < -0.39 is 5.82 Å². The molecule has 4 nitrogen and oxygen atoms in total. The second-order valence-electron chi connectivity index (χ2n) is 5.41. The number of benzene rings is 2. The lowest BCUT2D eigenvalue weighted by Crippen LogP contribution is -2.15. The van der Waals surface area contributed by atoms with E-state index in [0.29, 0.717) is 11.3 Å². The molecule has 1 N–H and O–H groups in total. The molecule has 1 aromatic heterocycles. The largest absolute Gasteiger partial charge is 0.343 e. The van der Waals surface area contributed by atoms with Gasteiger partial charge in [-0.3, -0.25) is 9.78 Å². The normalized spacial score (nSPS) is 10.4. The highest BCUT2D eigenvalue weighted by atomic mass is 35.5. The van der Waals surface area contributed by atoms with Crippen LogP contribution < -0.4 is 10.2 Å². The van der Waals surface area contributed by atoms with Crippen LogP contribution in [0.2, 0.25) is 5.02 Å². The molecule has 25 heavy (non-hydrogen) atoms. The number of aromatic nitrogens is 1. The molecule has 0 radical (unpaired) electrons. The number of pyridine rings is 1. The zero-order chi connectivity index (χ0) is 17.8. The van der Waals surface area contributed by atoms with Crippen molar-refractivity contribution in [3.05, 3.63) is 83.4 Å². The fourth-order valence-corrected chi connectivity index (χ4v) is 2.49. The monoisotopic (exact) mass is 355 g/mol. The fourth-order valence-electron chi connectivity index (χ4n) is 2.31. The first-order valence-electron chi connectivity index (χ1n) is 7.55. The van der Waals surface area contributed by atoms with Crippen molar-refractivity contribution in [2.24, 2.45) is 0 Å². The van der Waals surface area contributed by atoms with Crippen LogP contribution in [0.1, 0.15) is 10.4 Å². The predicted molar refractivity (Wildman–Crippen MR) is 98.1 cm³/mol. The number of rotatable bonds is 4. The highest BCUT2D eigenvalue weighted by Crippen LogP contribution is 2.24. The number of amides is 1. The van der Waals surface area contributed by atoms with E-state index in [4.69, 9.17) is 11.6 Å². The quantitative estimate of drug-likeness (QED) is 0.724. The summed E-state index contributed by atoms with van der Waals surface area (Å²) in [6, 6.07) is 15.5. The molecule has 2 aromatic carbocycles. The Morgan fingerprint density at radius 3 is 2.56 bits per heavy atom. The first kappa shape index (κ1) is 16.9. The minimum absolute atomic E-state index is 0.0477. The van der Waals surface area contributed by atoms with E-state index in [1.807, 2.05) is 42.3 Å². The van der Waals surface area contributed by atoms with Crippen molar-refractivity contribution < 1.29 is 9.18 Å². The molecule has 0 unspecified atom stereocenters. The highest BCUT2D eigenvalue weighted by molar-refractivity contribution is 6.31. The maximum Gasteiger partial charge on any atom is 0.257 e. The van der Waals surface area contributed by atoms with Crippen molar-refractivity contribution in [3.8, 4) is 0 Å². The van der Waals surface area contributed by atoms with E-state index >= 15 is 0 Å². The molecular weight excluding hydrogens is 341 g/mol. The van der Waals surface area contributed by atoms with E-state index in [1.54, 1.807) is 12.3 Å². The van der Waals surface area contributed by atoms with Gasteiger partial charge in [-0.2, -0.15) is 0 Å². The van der Waals surface area contributed by atoms with Gasteiger partial charge < -0.3 is 10.2 Å². The molecule has 126 valence electrons. The van der Waals surface area contributed by atoms with Crippen molar-refractivity contribution >= 4 is 34.6 Å². The van der Waals surface area contributed by atoms with Gasteiger partial charge in [0, 0.05) is 24.6 Å². The summed E-state index contributed by atoms with van der Waals surface area (Å²) >= 11 is 5.73. The van der Waals surface area contributed by atoms with Gasteiger partial charge in [-0.15, -0.1) is 0 Å². The van der Waals surface area contributed by atoms with Crippen LogP contribution in [0.3, 0.4) is 0 Å². The summed E-state index contributed by atoms with van der Waals surface area (Å²) < 4.78 is 13.2. The number of carbonyl (C=O) groups excluding carboxylic acids is 1. The summed E-state index contributed by atoms with van der Waals surface area (Å²) in [5, 5.41) is 2.64. The lowest BCUT2D eigenvalue weighted by molar-refractivity contribution is 0.102. The van der Waals surface area contributed by atoms with Crippen LogP contribution >= 0.6 is 11.6 Å². The van der Waals surface area contributed by atoms with Crippen LogP contribution in [0.4, 0.5) is 21.5 Å². The first-order chi connectivity index (χ1) is 12.0. The fraction of sp³-hybridized carbons (Fsp3) is 0.0526. The molecule has 0 aliphatic rings. The highest BCUT2D eigenvalue weighted by Gasteiger charge is 2.11. The Bertz CT molecular complexity index is 902. The zero-order valence-electron chi connectivity index (χ0n) is 13.4. The maximum absolute atomic E-state index is 13.2. The second-order valence-corrected chi connectivity index (χ2v) is 5.82. The summed E-state index contributed by atoms with van der Waals surface area (Å²) in [4.78, 5) is 18.5. The van der Waals surface area contributed by atoms with Gasteiger partial charge in [0.05, 0.1) is 22.5 Å². The van der Waals surface area contributed by atoms with E-state index in [-0.39, 0.29) is 10.9 Å². The lowest BCUT2D eigenvalue weighted by atomic mass is 10.2. The molecule has 1 amide bonds. The minimum Gasteiger partial charge on any atom is -0.343 e. The van der Waals surface area contributed by atoms with Gasteiger partial charge in [0.2, 0.25) is 0 Å². The smallest absolute Gasteiger partial charge is 0.257 e. The summed E-state index contributed by atoms with van der Waals surface area (Å²) in [6.45, 7) is 0. The van der Waals surface area contributed by atoms with Crippen molar-refractivity contribution in [2.75, 3.05) is 17.3 Å². The Morgan fingerprint density at radius 2 is 1.84 bits per heavy atom. The minimum atomic E-state index is -0.534. The molecule has 6 heteroatoms. The van der Waals surface area contributed by atoms with E-state index in [9.17, 15) is 9.18 Å². The molecule has 0 aliphatic heterocycles. The van der Waals surface area contributed by atoms with E-state index in [2.05, 4.69) is 10.3 Å². The van der Waals surface area contributed by atoms with Crippen molar-refractivity contribution in [1.29, 1.82) is 0 Å². The van der Waals surface area contributed by atoms with Gasteiger partial charge in [0.25, 0.3) is 5.91 Å². The molecule has 0 atom stereocenters. The summed E-state index contributed by atoms with van der Waals surface area (Å²) in [5.74, 6) is -0.883. The van der Waals surface area contributed by atoms with Gasteiger partial charge >= 0.3 is 0 Å².